The second-order valence-electron chi connectivity index (χ2n) is 5.46. The average molecular weight is 202 g/mol. The van der Waals surface area contributed by atoms with Crippen molar-refractivity contribution < 1.29 is 5.11 Å². The van der Waals surface area contributed by atoms with Crippen molar-refractivity contribution >= 4 is 0 Å². The van der Waals surface area contributed by atoms with Crippen LogP contribution in [-0.4, -0.2) is 41.8 Å². The maximum Gasteiger partial charge on any atom is 0.0639 e. The van der Waals surface area contributed by atoms with Gasteiger partial charge in [0.2, 0.25) is 0 Å². The van der Waals surface area contributed by atoms with E-state index in [4.69, 9.17) is 5.73 Å². The fraction of sp³-hybridized carbons (Fsp3) is 1.00. The summed E-state index contributed by atoms with van der Waals surface area (Å²) in [5.74, 6) is 0. The molecule has 0 aromatic carbocycles. The van der Waals surface area contributed by atoms with E-state index in [0.29, 0.717) is 6.54 Å². The number of aliphatic hydroxyl groups is 1. The van der Waals surface area contributed by atoms with E-state index in [0.717, 1.165) is 0 Å². The Kier molecular flexibility index (Phi) is 5.06. The Balaban J connectivity index is 4.50. The summed E-state index contributed by atoms with van der Waals surface area (Å²) in [6, 6.07) is 0.399. The molecule has 0 amide bonds. The summed E-state index contributed by atoms with van der Waals surface area (Å²) in [6.45, 7) is 11.0. The minimum atomic E-state index is -0.302. The van der Waals surface area contributed by atoms with Crippen molar-refractivity contribution in [1.29, 1.82) is 0 Å². The molecule has 0 saturated carbocycles. The third kappa shape index (κ3) is 4.40. The number of hydrogen-bond donors (Lipinski definition) is 2. The maximum absolute atomic E-state index is 9.34. The van der Waals surface area contributed by atoms with Crippen molar-refractivity contribution in [3.63, 3.8) is 0 Å². The van der Waals surface area contributed by atoms with Gasteiger partial charge >= 0.3 is 0 Å². The molecule has 86 valence electrons. The molecular formula is C11H26N2O. The second-order valence-corrected chi connectivity index (χ2v) is 5.46. The number of hydrogen-bond acceptors (Lipinski definition) is 3. The molecule has 0 bridgehead atoms. The van der Waals surface area contributed by atoms with Crippen molar-refractivity contribution in [3.05, 3.63) is 0 Å². The van der Waals surface area contributed by atoms with Crippen LogP contribution in [-0.2, 0) is 0 Å². The van der Waals surface area contributed by atoms with Crippen molar-refractivity contribution in [2.24, 2.45) is 11.1 Å². The Morgan fingerprint density at radius 2 is 1.71 bits per heavy atom. The molecule has 3 nitrogen and oxygen atoms in total. The number of aliphatic hydroxyl groups excluding tert-OH is 1. The standard InChI is InChI=1S/C11H26N2O/c1-8(14)7-13(6)10(9(2)12)11(3,4)5/h8-10,14H,7,12H2,1-6H3. The van der Waals surface area contributed by atoms with Crippen LogP contribution in [0.4, 0.5) is 0 Å². The van der Waals surface area contributed by atoms with Crippen molar-refractivity contribution in [1.82, 2.24) is 4.90 Å². The second kappa shape index (κ2) is 5.10. The van der Waals surface area contributed by atoms with Gasteiger partial charge in [-0.3, -0.25) is 4.90 Å². The molecule has 0 aliphatic carbocycles. The molecular weight excluding hydrogens is 176 g/mol. The van der Waals surface area contributed by atoms with Crippen molar-refractivity contribution in [3.8, 4) is 0 Å². The van der Waals surface area contributed by atoms with Gasteiger partial charge < -0.3 is 10.8 Å². The normalized spacial score (nSPS) is 19.5. The monoisotopic (exact) mass is 202 g/mol. The minimum absolute atomic E-state index is 0.110. The lowest BCUT2D eigenvalue weighted by Crippen LogP contribution is -2.53. The molecule has 0 aromatic heterocycles. The van der Waals surface area contributed by atoms with Crippen LogP contribution >= 0.6 is 0 Å². The lowest BCUT2D eigenvalue weighted by molar-refractivity contribution is 0.0605. The smallest absolute Gasteiger partial charge is 0.0639 e. The van der Waals surface area contributed by atoms with Crippen molar-refractivity contribution in [2.45, 2.75) is 52.8 Å². The van der Waals surface area contributed by atoms with E-state index in [9.17, 15) is 5.11 Å². The summed E-state index contributed by atoms with van der Waals surface area (Å²) < 4.78 is 0. The third-order valence-corrected chi connectivity index (χ3v) is 2.41. The van der Waals surface area contributed by atoms with Gasteiger partial charge in [-0.15, -0.1) is 0 Å². The molecule has 0 rings (SSSR count). The zero-order chi connectivity index (χ0) is 11.5. The van der Waals surface area contributed by atoms with E-state index in [1.165, 1.54) is 0 Å². The molecule has 0 aromatic rings. The summed E-state index contributed by atoms with van der Waals surface area (Å²) in [5.41, 5.74) is 6.11. The number of nitrogens with two attached hydrogens (primary N) is 1. The van der Waals surface area contributed by atoms with E-state index in [1.807, 2.05) is 14.0 Å². The number of likely N-dealkylation sites (N-methyl/N-ethyl adjacent to an activating group) is 1. The van der Waals surface area contributed by atoms with E-state index < -0.39 is 0 Å². The summed E-state index contributed by atoms with van der Waals surface area (Å²) >= 11 is 0. The molecule has 0 aliphatic heterocycles. The highest BCUT2D eigenvalue weighted by Crippen LogP contribution is 2.25. The number of rotatable bonds is 4. The molecule has 0 saturated heterocycles. The first-order chi connectivity index (χ1) is 6.16. The Bertz CT molecular complexity index is 161. The molecule has 3 N–H and O–H groups in total. The van der Waals surface area contributed by atoms with Crippen LogP contribution in [0.15, 0.2) is 0 Å². The summed E-state index contributed by atoms with van der Waals surface area (Å²) in [7, 11) is 2.02. The van der Waals surface area contributed by atoms with E-state index in [2.05, 4.69) is 25.7 Å². The lowest BCUT2D eigenvalue weighted by atomic mass is 9.82. The first-order valence-corrected chi connectivity index (χ1v) is 5.30. The van der Waals surface area contributed by atoms with Gasteiger partial charge in [0.1, 0.15) is 0 Å². The summed E-state index contributed by atoms with van der Waals surface area (Å²) in [4.78, 5) is 2.15. The fourth-order valence-electron chi connectivity index (χ4n) is 2.38. The van der Waals surface area contributed by atoms with E-state index >= 15 is 0 Å². The molecule has 3 heteroatoms. The van der Waals surface area contributed by atoms with Crippen LogP contribution in [0.25, 0.3) is 0 Å². The highest BCUT2D eigenvalue weighted by Gasteiger charge is 2.31. The van der Waals surface area contributed by atoms with E-state index in [-0.39, 0.29) is 23.6 Å². The van der Waals surface area contributed by atoms with Crippen molar-refractivity contribution in [2.75, 3.05) is 13.6 Å². The van der Waals surface area contributed by atoms with Gasteiger partial charge in [-0.1, -0.05) is 20.8 Å². The Hall–Kier alpha value is -0.120. The van der Waals surface area contributed by atoms with Gasteiger partial charge in [0.05, 0.1) is 6.10 Å². The first-order valence-electron chi connectivity index (χ1n) is 5.30. The largest absolute Gasteiger partial charge is 0.392 e. The maximum atomic E-state index is 9.34. The third-order valence-electron chi connectivity index (χ3n) is 2.41. The SMILES string of the molecule is CC(O)CN(C)C(C(C)N)C(C)(C)C. The Morgan fingerprint density at radius 3 is 1.93 bits per heavy atom. The van der Waals surface area contributed by atoms with Crippen LogP contribution < -0.4 is 5.73 Å². The Labute approximate surface area is 88.3 Å². The van der Waals surface area contributed by atoms with Crippen LogP contribution in [0, 0.1) is 5.41 Å². The zero-order valence-electron chi connectivity index (χ0n) is 10.4. The van der Waals surface area contributed by atoms with Gasteiger partial charge in [-0.05, 0) is 26.3 Å². The molecule has 0 heterocycles. The van der Waals surface area contributed by atoms with Crippen LogP contribution in [0.2, 0.25) is 0 Å². The molecule has 14 heavy (non-hydrogen) atoms. The van der Waals surface area contributed by atoms with Gasteiger partial charge in [0.25, 0.3) is 0 Å². The topological polar surface area (TPSA) is 49.5 Å². The minimum Gasteiger partial charge on any atom is -0.392 e. The predicted octanol–water partition coefficient (Wildman–Crippen LogP) is 1.06. The summed E-state index contributed by atoms with van der Waals surface area (Å²) in [6.07, 6.45) is -0.302. The predicted molar refractivity (Wildman–Crippen MR) is 61.2 cm³/mol. The fourth-order valence-corrected chi connectivity index (χ4v) is 2.38. The highest BCUT2D eigenvalue weighted by atomic mass is 16.3. The quantitative estimate of drug-likeness (QED) is 0.717. The average Bonchev–Trinajstić information content (AvgIpc) is 1.78. The molecule has 3 atom stereocenters. The summed E-state index contributed by atoms with van der Waals surface area (Å²) in [5, 5.41) is 9.34. The lowest BCUT2D eigenvalue weighted by Gasteiger charge is -2.41. The first kappa shape index (κ1) is 13.9. The van der Waals surface area contributed by atoms with Gasteiger partial charge in [-0.25, -0.2) is 0 Å². The highest BCUT2D eigenvalue weighted by molar-refractivity contribution is 4.88. The Morgan fingerprint density at radius 1 is 1.29 bits per heavy atom. The molecule has 0 spiro atoms. The molecule has 0 radical (unpaired) electrons. The molecule has 0 fully saturated rings. The van der Waals surface area contributed by atoms with Crippen LogP contribution in [0.1, 0.15) is 34.6 Å². The zero-order valence-corrected chi connectivity index (χ0v) is 10.4. The van der Waals surface area contributed by atoms with Crippen LogP contribution in [0.3, 0.4) is 0 Å². The van der Waals surface area contributed by atoms with Crippen LogP contribution in [0.5, 0.6) is 0 Å². The number of nitrogens with zero attached hydrogens (tertiary/aromatic N) is 1. The molecule has 3 unspecified atom stereocenters. The molecule has 0 aliphatic rings. The van der Waals surface area contributed by atoms with Gasteiger partial charge in [0, 0.05) is 18.6 Å². The van der Waals surface area contributed by atoms with Gasteiger partial charge in [-0.2, -0.15) is 0 Å². The van der Waals surface area contributed by atoms with E-state index in [1.54, 1.807) is 6.92 Å². The van der Waals surface area contributed by atoms with Gasteiger partial charge in [0.15, 0.2) is 0 Å².